The molecule has 28 heavy (non-hydrogen) atoms. The molecule has 0 unspecified atom stereocenters. The summed E-state index contributed by atoms with van der Waals surface area (Å²) in [5.41, 5.74) is 1.46. The maximum absolute atomic E-state index is 12.8. The molecule has 9 heteroatoms. The van der Waals surface area contributed by atoms with Crippen LogP contribution >= 0.6 is 35.2 Å². The van der Waals surface area contributed by atoms with Crippen molar-refractivity contribution < 1.29 is 9.53 Å². The standard InChI is InChI=1S/C19H14ClN3O3S2/c1-26-14-5-3-2-4-10(14)9-21-18(25)15-16-22-17(24)12-7-6-11(20)8-13(12)23(16)19(27)28-15/h2-8H,9H2,1H3,(H,21,25)(H,22,24). The molecule has 142 valence electrons. The Morgan fingerprint density at radius 2 is 2.11 bits per heavy atom. The molecular weight excluding hydrogens is 418 g/mol. The van der Waals surface area contributed by atoms with E-state index in [-0.39, 0.29) is 18.0 Å². The second-order valence-electron chi connectivity index (χ2n) is 5.99. The fraction of sp³-hybridized carbons (Fsp3) is 0.105. The van der Waals surface area contributed by atoms with Crippen LogP contribution in [0.1, 0.15) is 15.2 Å². The minimum absolute atomic E-state index is 0.281. The van der Waals surface area contributed by atoms with E-state index < -0.39 is 0 Å². The molecular formula is C19H14ClN3O3S2. The fourth-order valence-corrected chi connectivity index (χ4v) is 4.49. The number of carbonyl (C=O) groups excluding carboxylic acids is 1. The Bertz CT molecular complexity index is 1340. The van der Waals surface area contributed by atoms with Crippen molar-refractivity contribution in [3.05, 3.63) is 72.2 Å². The van der Waals surface area contributed by atoms with Gasteiger partial charge in [-0.05, 0) is 36.5 Å². The number of para-hydroxylation sites is 1. The third-order valence-corrected chi connectivity index (χ3v) is 5.93. The van der Waals surface area contributed by atoms with Crippen LogP contribution < -0.4 is 15.6 Å². The fourth-order valence-electron chi connectivity index (χ4n) is 3.02. The average Bonchev–Trinajstić information content (AvgIpc) is 3.02. The van der Waals surface area contributed by atoms with Gasteiger partial charge in [0.1, 0.15) is 16.3 Å². The summed E-state index contributed by atoms with van der Waals surface area (Å²) in [5, 5.41) is 3.79. The van der Waals surface area contributed by atoms with Crippen LogP contribution in [-0.4, -0.2) is 22.4 Å². The zero-order chi connectivity index (χ0) is 19.8. The number of benzene rings is 2. The number of carbonyl (C=O) groups is 1. The monoisotopic (exact) mass is 431 g/mol. The molecule has 1 amide bonds. The van der Waals surface area contributed by atoms with Gasteiger partial charge in [-0.2, -0.15) is 0 Å². The summed E-state index contributed by atoms with van der Waals surface area (Å²) in [6.07, 6.45) is 0. The lowest BCUT2D eigenvalue weighted by molar-refractivity contribution is 0.0956. The van der Waals surface area contributed by atoms with Gasteiger partial charge >= 0.3 is 0 Å². The highest BCUT2D eigenvalue weighted by atomic mass is 35.5. The van der Waals surface area contributed by atoms with Crippen LogP contribution in [0.3, 0.4) is 0 Å². The number of aromatic nitrogens is 2. The van der Waals surface area contributed by atoms with Crippen LogP contribution in [0.5, 0.6) is 5.75 Å². The van der Waals surface area contributed by atoms with E-state index in [9.17, 15) is 9.59 Å². The van der Waals surface area contributed by atoms with Crippen molar-refractivity contribution in [1.82, 2.24) is 14.7 Å². The molecule has 2 aromatic carbocycles. The summed E-state index contributed by atoms with van der Waals surface area (Å²) in [6.45, 7) is 0.281. The maximum atomic E-state index is 12.8. The van der Waals surface area contributed by atoms with Crippen molar-refractivity contribution in [3.8, 4) is 5.75 Å². The lowest BCUT2D eigenvalue weighted by Gasteiger charge is -2.09. The number of nitrogens with one attached hydrogen (secondary N) is 2. The van der Waals surface area contributed by atoms with Gasteiger partial charge < -0.3 is 15.0 Å². The second-order valence-corrected chi connectivity index (χ2v) is 8.07. The van der Waals surface area contributed by atoms with Gasteiger partial charge in [-0.15, -0.1) is 0 Å². The third-order valence-electron chi connectivity index (χ3n) is 4.33. The number of ether oxygens (including phenoxy) is 1. The molecule has 2 heterocycles. The first-order valence-electron chi connectivity index (χ1n) is 8.27. The first-order chi connectivity index (χ1) is 13.5. The van der Waals surface area contributed by atoms with E-state index in [1.165, 1.54) is 0 Å². The largest absolute Gasteiger partial charge is 0.496 e. The van der Waals surface area contributed by atoms with E-state index >= 15 is 0 Å². The molecule has 0 aliphatic heterocycles. The topological polar surface area (TPSA) is 75.6 Å². The van der Waals surface area contributed by atoms with Crippen molar-refractivity contribution in [3.63, 3.8) is 0 Å². The van der Waals surface area contributed by atoms with Gasteiger partial charge in [-0.1, -0.05) is 41.1 Å². The highest BCUT2D eigenvalue weighted by Gasteiger charge is 2.18. The quantitative estimate of drug-likeness (QED) is 0.476. The average molecular weight is 432 g/mol. The SMILES string of the molecule is COc1ccccc1CNC(=O)c1sc(=S)n2c1[nH]c(=O)c1ccc(Cl)cc12. The normalized spacial score (nSPS) is 11.1. The summed E-state index contributed by atoms with van der Waals surface area (Å²) < 4.78 is 7.42. The van der Waals surface area contributed by atoms with E-state index in [2.05, 4.69) is 10.3 Å². The summed E-state index contributed by atoms with van der Waals surface area (Å²) in [5.74, 6) is 0.354. The van der Waals surface area contributed by atoms with E-state index in [1.807, 2.05) is 24.3 Å². The number of methoxy groups -OCH3 is 1. The molecule has 0 bridgehead atoms. The second kappa shape index (κ2) is 7.38. The number of thiazole rings is 1. The Morgan fingerprint density at radius 3 is 2.89 bits per heavy atom. The number of nitrogens with zero attached hydrogens (tertiary/aromatic N) is 1. The van der Waals surface area contributed by atoms with Gasteiger partial charge in [0, 0.05) is 17.1 Å². The van der Waals surface area contributed by atoms with Gasteiger partial charge in [-0.25, -0.2) is 0 Å². The molecule has 0 saturated heterocycles. The molecule has 0 fully saturated rings. The van der Waals surface area contributed by atoms with E-state index in [4.69, 9.17) is 28.6 Å². The number of halogens is 1. The number of H-pyrrole nitrogens is 1. The molecule has 2 N–H and O–H groups in total. The maximum Gasteiger partial charge on any atom is 0.265 e. The third kappa shape index (κ3) is 3.19. The molecule has 0 spiro atoms. The van der Waals surface area contributed by atoms with E-state index in [0.717, 1.165) is 16.9 Å². The molecule has 6 nitrogen and oxygen atoms in total. The molecule has 4 rings (SSSR count). The minimum Gasteiger partial charge on any atom is -0.496 e. The molecule has 0 aliphatic carbocycles. The highest BCUT2D eigenvalue weighted by molar-refractivity contribution is 7.73. The number of hydrogen-bond donors (Lipinski definition) is 2. The van der Waals surface area contributed by atoms with E-state index in [1.54, 1.807) is 29.7 Å². The highest BCUT2D eigenvalue weighted by Crippen LogP contribution is 2.25. The number of fused-ring (bicyclic) bond motifs is 3. The van der Waals surface area contributed by atoms with Gasteiger partial charge in [0.05, 0.1) is 18.0 Å². The lowest BCUT2D eigenvalue weighted by Crippen LogP contribution is -2.23. The van der Waals surface area contributed by atoms with Gasteiger partial charge in [0.15, 0.2) is 3.95 Å². The van der Waals surface area contributed by atoms with Crippen molar-refractivity contribution >= 4 is 57.6 Å². The summed E-state index contributed by atoms with van der Waals surface area (Å²) in [7, 11) is 1.58. The van der Waals surface area contributed by atoms with Crippen LogP contribution in [0.25, 0.3) is 16.6 Å². The lowest BCUT2D eigenvalue weighted by atomic mass is 10.2. The van der Waals surface area contributed by atoms with E-state index in [0.29, 0.717) is 36.2 Å². The smallest absolute Gasteiger partial charge is 0.265 e. The zero-order valence-corrected chi connectivity index (χ0v) is 17.0. The van der Waals surface area contributed by atoms with Crippen LogP contribution in [0.2, 0.25) is 5.02 Å². The number of amides is 1. The first kappa shape index (κ1) is 18.7. The van der Waals surface area contributed by atoms with Gasteiger partial charge in [0.25, 0.3) is 11.5 Å². The Labute approximate surface area is 173 Å². The van der Waals surface area contributed by atoms with Crippen LogP contribution in [0.15, 0.2) is 47.3 Å². The van der Waals surface area contributed by atoms with Crippen LogP contribution in [0.4, 0.5) is 0 Å². The predicted molar refractivity (Wildman–Crippen MR) is 113 cm³/mol. The van der Waals surface area contributed by atoms with Gasteiger partial charge in [0.2, 0.25) is 0 Å². The van der Waals surface area contributed by atoms with Gasteiger partial charge in [-0.3, -0.25) is 14.0 Å². The van der Waals surface area contributed by atoms with Crippen molar-refractivity contribution in [2.45, 2.75) is 6.54 Å². The first-order valence-corrected chi connectivity index (χ1v) is 9.87. The molecule has 0 aliphatic rings. The molecule has 0 radical (unpaired) electrons. The molecule has 4 aromatic rings. The van der Waals surface area contributed by atoms with Crippen molar-refractivity contribution in [1.29, 1.82) is 0 Å². The summed E-state index contributed by atoms with van der Waals surface area (Å²) in [4.78, 5) is 28.4. The number of hydrogen-bond acceptors (Lipinski definition) is 5. The molecule has 2 aromatic heterocycles. The van der Waals surface area contributed by atoms with Crippen molar-refractivity contribution in [2.24, 2.45) is 0 Å². The zero-order valence-electron chi connectivity index (χ0n) is 14.6. The van der Waals surface area contributed by atoms with Crippen LogP contribution in [0, 0.1) is 3.95 Å². The number of rotatable bonds is 4. The number of aromatic amines is 1. The Kier molecular flexibility index (Phi) is 4.92. The Hall–Kier alpha value is -2.68. The Morgan fingerprint density at radius 1 is 1.32 bits per heavy atom. The summed E-state index contributed by atoms with van der Waals surface area (Å²) in [6, 6.07) is 12.4. The van der Waals surface area contributed by atoms with Crippen molar-refractivity contribution in [2.75, 3.05) is 7.11 Å². The molecule has 0 saturated carbocycles. The van der Waals surface area contributed by atoms with Crippen LogP contribution in [-0.2, 0) is 6.54 Å². The predicted octanol–water partition coefficient (Wildman–Crippen LogP) is 4.16. The minimum atomic E-state index is -0.332. The Balaban J connectivity index is 1.77. The summed E-state index contributed by atoms with van der Waals surface area (Å²) >= 11 is 12.7. The molecule has 0 atom stereocenters.